The zero-order valence-electron chi connectivity index (χ0n) is 17.1. The molecule has 1 amide bonds. The van der Waals surface area contributed by atoms with Gasteiger partial charge in [-0.15, -0.1) is 10.2 Å². The van der Waals surface area contributed by atoms with Crippen LogP contribution in [0.1, 0.15) is 43.9 Å². The van der Waals surface area contributed by atoms with Crippen molar-refractivity contribution in [2.24, 2.45) is 0 Å². The molecule has 7 heteroatoms. The lowest BCUT2D eigenvalue weighted by molar-refractivity contribution is -0.121. The van der Waals surface area contributed by atoms with E-state index in [1.54, 1.807) is 0 Å². The van der Waals surface area contributed by atoms with Crippen LogP contribution in [-0.4, -0.2) is 28.0 Å². The summed E-state index contributed by atoms with van der Waals surface area (Å²) in [5.41, 5.74) is 3.37. The molecule has 0 saturated carbocycles. The zero-order valence-corrected chi connectivity index (χ0v) is 17.9. The van der Waals surface area contributed by atoms with Gasteiger partial charge in [0.2, 0.25) is 11.8 Å². The van der Waals surface area contributed by atoms with Gasteiger partial charge < -0.3 is 14.5 Å². The smallest absolute Gasteiger partial charge is 0.277 e. The highest BCUT2D eigenvalue weighted by atomic mass is 32.2. The standard InChI is InChI=1S/C23H25N3O3S/c1-3-28-18-13-11-17(12-14-18)22-25-26-23(29-22)30-15(2)21(27)24-20-10-6-8-16-7-4-5-9-19(16)20/h4-5,7,9,11-15,20H,3,6,8,10H2,1-2H3,(H,24,27)/t15-,20+/m1/s1. The van der Waals surface area contributed by atoms with Gasteiger partial charge in [-0.25, -0.2) is 0 Å². The minimum Gasteiger partial charge on any atom is -0.494 e. The van der Waals surface area contributed by atoms with E-state index >= 15 is 0 Å². The van der Waals surface area contributed by atoms with Gasteiger partial charge >= 0.3 is 0 Å². The summed E-state index contributed by atoms with van der Waals surface area (Å²) in [6.45, 7) is 4.42. The quantitative estimate of drug-likeness (QED) is 0.550. The predicted octanol–water partition coefficient (Wildman–Crippen LogP) is 4.81. The Balaban J connectivity index is 1.37. The van der Waals surface area contributed by atoms with E-state index in [0.29, 0.717) is 17.7 Å². The first-order chi connectivity index (χ1) is 14.6. The summed E-state index contributed by atoms with van der Waals surface area (Å²) in [6.07, 6.45) is 3.12. The Labute approximate surface area is 180 Å². The first-order valence-electron chi connectivity index (χ1n) is 10.3. The molecular weight excluding hydrogens is 398 g/mol. The van der Waals surface area contributed by atoms with Crippen LogP contribution in [0.2, 0.25) is 0 Å². The van der Waals surface area contributed by atoms with Gasteiger partial charge in [-0.3, -0.25) is 4.79 Å². The van der Waals surface area contributed by atoms with Crippen molar-refractivity contribution in [2.75, 3.05) is 6.61 Å². The Morgan fingerprint density at radius 1 is 1.23 bits per heavy atom. The van der Waals surface area contributed by atoms with E-state index < -0.39 is 0 Å². The first-order valence-corrected chi connectivity index (χ1v) is 11.1. The van der Waals surface area contributed by atoms with Crippen molar-refractivity contribution in [1.29, 1.82) is 0 Å². The van der Waals surface area contributed by atoms with Crippen molar-refractivity contribution < 1.29 is 13.9 Å². The van der Waals surface area contributed by atoms with Crippen LogP contribution in [0, 0.1) is 0 Å². The molecule has 3 aromatic rings. The molecule has 6 nitrogen and oxygen atoms in total. The summed E-state index contributed by atoms with van der Waals surface area (Å²) in [5.74, 6) is 1.20. The number of thioether (sulfide) groups is 1. The van der Waals surface area contributed by atoms with Gasteiger partial charge in [-0.05, 0) is 68.5 Å². The van der Waals surface area contributed by atoms with Crippen LogP contribution >= 0.6 is 11.8 Å². The third kappa shape index (κ3) is 4.67. The molecule has 1 aromatic heterocycles. The number of aryl methyl sites for hydroxylation is 1. The van der Waals surface area contributed by atoms with Crippen molar-refractivity contribution in [2.45, 2.75) is 49.6 Å². The number of nitrogens with one attached hydrogen (secondary N) is 1. The summed E-state index contributed by atoms with van der Waals surface area (Å²) in [5, 5.41) is 11.4. The number of amides is 1. The van der Waals surface area contributed by atoms with Crippen molar-refractivity contribution >= 4 is 17.7 Å². The highest BCUT2D eigenvalue weighted by Crippen LogP contribution is 2.31. The maximum Gasteiger partial charge on any atom is 0.277 e. The first kappa shape index (κ1) is 20.5. The third-order valence-electron chi connectivity index (χ3n) is 5.15. The average Bonchev–Trinajstić information content (AvgIpc) is 3.23. The summed E-state index contributed by atoms with van der Waals surface area (Å²) >= 11 is 1.27. The number of benzene rings is 2. The lowest BCUT2D eigenvalue weighted by atomic mass is 9.88. The zero-order chi connectivity index (χ0) is 20.9. The topological polar surface area (TPSA) is 77.2 Å². The second-order valence-electron chi connectivity index (χ2n) is 7.24. The van der Waals surface area contributed by atoms with E-state index in [0.717, 1.165) is 30.6 Å². The third-order valence-corrected chi connectivity index (χ3v) is 6.09. The number of ether oxygens (including phenoxy) is 1. The normalized spacial score (nSPS) is 16.5. The molecule has 0 fully saturated rings. The monoisotopic (exact) mass is 423 g/mol. The van der Waals surface area contributed by atoms with Crippen LogP contribution in [0.15, 0.2) is 58.2 Å². The van der Waals surface area contributed by atoms with Crippen LogP contribution in [-0.2, 0) is 11.2 Å². The highest BCUT2D eigenvalue weighted by Gasteiger charge is 2.25. The van der Waals surface area contributed by atoms with Gasteiger partial charge in [-0.2, -0.15) is 0 Å². The van der Waals surface area contributed by atoms with Crippen LogP contribution in [0.5, 0.6) is 5.75 Å². The van der Waals surface area contributed by atoms with Crippen LogP contribution in [0.3, 0.4) is 0 Å². The summed E-state index contributed by atoms with van der Waals surface area (Å²) < 4.78 is 11.2. The van der Waals surface area contributed by atoms with Crippen molar-refractivity contribution in [3.8, 4) is 17.2 Å². The number of aromatic nitrogens is 2. The Hall–Kier alpha value is -2.80. The van der Waals surface area contributed by atoms with E-state index in [1.165, 1.54) is 22.9 Å². The Kier molecular flexibility index (Phi) is 6.38. The van der Waals surface area contributed by atoms with Crippen molar-refractivity contribution in [3.63, 3.8) is 0 Å². The second-order valence-corrected chi connectivity index (χ2v) is 8.53. The molecule has 1 aliphatic carbocycles. The molecule has 30 heavy (non-hydrogen) atoms. The molecule has 4 rings (SSSR count). The second kappa shape index (κ2) is 9.34. The van der Waals surface area contributed by atoms with Crippen LogP contribution in [0.4, 0.5) is 0 Å². The number of hydrogen-bond donors (Lipinski definition) is 1. The molecule has 1 aliphatic rings. The molecule has 1 heterocycles. The fourth-order valence-corrected chi connectivity index (χ4v) is 4.32. The number of rotatable bonds is 7. The van der Waals surface area contributed by atoms with Gasteiger partial charge in [0, 0.05) is 5.56 Å². The van der Waals surface area contributed by atoms with E-state index in [2.05, 4.69) is 33.7 Å². The van der Waals surface area contributed by atoms with Gasteiger partial charge in [0.15, 0.2) is 0 Å². The molecule has 2 atom stereocenters. The Bertz CT molecular complexity index is 1000. The van der Waals surface area contributed by atoms with E-state index in [4.69, 9.17) is 9.15 Å². The van der Waals surface area contributed by atoms with Gasteiger partial charge in [-0.1, -0.05) is 36.0 Å². The number of fused-ring (bicyclic) bond motifs is 1. The predicted molar refractivity (Wildman–Crippen MR) is 116 cm³/mol. The Morgan fingerprint density at radius 3 is 2.83 bits per heavy atom. The fraction of sp³-hybridized carbons (Fsp3) is 0.348. The van der Waals surface area contributed by atoms with E-state index in [-0.39, 0.29) is 17.2 Å². The lowest BCUT2D eigenvalue weighted by Gasteiger charge is -2.27. The van der Waals surface area contributed by atoms with Crippen molar-refractivity contribution in [3.05, 3.63) is 59.7 Å². The van der Waals surface area contributed by atoms with Crippen LogP contribution in [0.25, 0.3) is 11.5 Å². The maximum atomic E-state index is 12.8. The number of hydrogen-bond acceptors (Lipinski definition) is 6. The average molecular weight is 424 g/mol. The maximum absolute atomic E-state index is 12.8. The summed E-state index contributed by atoms with van der Waals surface area (Å²) in [7, 11) is 0. The number of carbonyl (C=O) groups is 1. The molecule has 0 unspecified atom stereocenters. The minimum absolute atomic E-state index is 0.0254. The van der Waals surface area contributed by atoms with Gasteiger partial charge in [0.1, 0.15) is 5.75 Å². The van der Waals surface area contributed by atoms with E-state index in [9.17, 15) is 4.79 Å². The molecule has 0 radical (unpaired) electrons. The molecule has 2 aromatic carbocycles. The number of nitrogens with zero attached hydrogens (tertiary/aromatic N) is 2. The largest absolute Gasteiger partial charge is 0.494 e. The fourth-order valence-electron chi connectivity index (χ4n) is 3.63. The molecule has 0 aliphatic heterocycles. The summed E-state index contributed by atoms with van der Waals surface area (Å²) in [6, 6.07) is 15.9. The van der Waals surface area contributed by atoms with Crippen molar-refractivity contribution in [1.82, 2.24) is 15.5 Å². The molecule has 0 spiro atoms. The molecular formula is C23H25N3O3S. The molecule has 0 saturated heterocycles. The Morgan fingerprint density at radius 2 is 2.03 bits per heavy atom. The van der Waals surface area contributed by atoms with Gasteiger partial charge in [0.25, 0.3) is 5.22 Å². The highest BCUT2D eigenvalue weighted by molar-refractivity contribution is 8.00. The van der Waals surface area contributed by atoms with Crippen LogP contribution < -0.4 is 10.1 Å². The minimum atomic E-state index is -0.340. The van der Waals surface area contributed by atoms with E-state index in [1.807, 2.05) is 44.2 Å². The molecule has 0 bridgehead atoms. The summed E-state index contributed by atoms with van der Waals surface area (Å²) in [4.78, 5) is 12.8. The number of carbonyl (C=O) groups excluding carboxylic acids is 1. The SMILES string of the molecule is CCOc1ccc(-c2nnc(S[C@H](C)C(=O)N[C@H]3CCCc4ccccc43)o2)cc1. The lowest BCUT2D eigenvalue weighted by Crippen LogP contribution is -2.35. The molecule has 156 valence electrons. The molecule has 1 N–H and O–H groups in total. The van der Waals surface area contributed by atoms with Gasteiger partial charge in [0.05, 0.1) is 17.9 Å².